The number of carboxylic acids is 1. The molecule has 2 amide bonds. The van der Waals surface area contributed by atoms with Gasteiger partial charge in [-0.2, -0.15) is 10.2 Å². The average Bonchev–Trinajstić information content (AvgIpc) is 4.14. The molecule has 16 nitrogen and oxygen atoms in total. The van der Waals surface area contributed by atoms with E-state index in [0.29, 0.717) is 43.5 Å². The molecule has 0 bridgehead atoms. The lowest BCUT2D eigenvalue weighted by Crippen LogP contribution is -2.40. The van der Waals surface area contributed by atoms with Crippen LogP contribution in [-0.2, 0) is 71.5 Å². The molecular formula is C63H84Br2N8O8S2. The number of thiazole rings is 2. The minimum atomic E-state index is -0.934. The Bertz CT molecular complexity index is 3260. The SMILES string of the molecule is COC(=O)Cc1cc(C)n(CC(=O)N2CCC(c3nc(-c4cc(C(C)(C)C)c(OC)c(C(C)(C)C)c4)c(Br)s3)CC2)n1.COc1c(C(C)(C)C)cc(-c2nc(C3CCN(C(=O)Cn4nc(CC(=O)O)cc4C)CC3)sc2Br)cc1C(C)(C)C. The molecule has 6 heterocycles. The van der Waals surface area contributed by atoms with Gasteiger partial charge in [0.05, 0.1) is 74.5 Å². The molecule has 8 rings (SSSR count). The van der Waals surface area contributed by atoms with Crippen molar-refractivity contribution < 1.29 is 38.5 Å². The molecule has 0 saturated carbocycles. The van der Waals surface area contributed by atoms with E-state index in [1.54, 1.807) is 52.3 Å². The number of hydrogen-bond acceptors (Lipinski definition) is 13. The van der Waals surface area contributed by atoms with Crippen molar-refractivity contribution in [3.05, 3.63) is 99.0 Å². The van der Waals surface area contributed by atoms with Gasteiger partial charge >= 0.3 is 11.9 Å². The summed E-state index contributed by atoms with van der Waals surface area (Å²) >= 11 is 11.0. The molecule has 2 saturated heterocycles. The lowest BCUT2D eigenvalue weighted by Gasteiger charge is -2.31. The van der Waals surface area contributed by atoms with Crippen molar-refractivity contribution in [2.45, 2.75) is 182 Å². The molecule has 4 aromatic heterocycles. The van der Waals surface area contributed by atoms with Crippen LogP contribution in [0.1, 0.15) is 176 Å². The van der Waals surface area contributed by atoms with Crippen molar-refractivity contribution in [3.8, 4) is 34.0 Å². The summed E-state index contributed by atoms with van der Waals surface area (Å²) in [5.74, 6) is 1.23. The van der Waals surface area contributed by atoms with Gasteiger partial charge in [-0.3, -0.25) is 28.5 Å². The van der Waals surface area contributed by atoms with E-state index in [4.69, 9.17) is 29.3 Å². The van der Waals surface area contributed by atoms with E-state index in [9.17, 15) is 19.2 Å². The molecule has 2 fully saturated rings. The molecule has 20 heteroatoms. The first-order valence-corrected chi connectivity index (χ1v) is 31.6. The number of benzene rings is 2. The summed E-state index contributed by atoms with van der Waals surface area (Å²) in [4.78, 5) is 62.9. The van der Waals surface area contributed by atoms with Gasteiger partial charge in [0, 0.05) is 82.8 Å². The van der Waals surface area contributed by atoms with Crippen molar-refractivity contribution in [3.63, 3.8) is 0 Å². The predicted octanol–water partition coefficient (Wildman–Crippen LogP) is 13.5. The zero-order chi connectivity index (χ0) is 61.3. The zero-order valence-corrected chi connectivity index (χ0v) is 56.4. The molecule has 0 aliphatic carbocycles. The molecule has 83 heavy (non-hydrogen) atoms. The highest BCUT2D eigenvalue weighted by Crippen LogP contribution is 2.48. The van der Waals surface area contributed by atoms with Crippen LogP contribution < -0.4 is 9.47 Å². The maximum absolute atomic E-state index is 13.1. The Morgan fingerprint density at radius 1 is 0.554 bits per heavy atom. The van der Waals surface area contributed by atoms with Crippen molar-refractivity contribution >= 4 is 78.3 Å². The van der Waals surface area contributed by atoms with Gasteiger partial charge in [0.1, 0.15) is 24.6 Å². The van der Waals surface area contributed by atoms with Crippen LogP contribution in [-0.4, -0.2) is 116 Å². The van der Waals surface area contributed by atoms with Crippen LogP contribution in [0.25, 0.3) is 22.5 Å². The van der Waals surface area contributed by atoms with Gasteiger partial charge in [-0.25, -0.2) is 9.97 Å². The van der Waals surface area contributed by atoms with Crippen molar-refractivity contribution in [1.29, 1.82) is 0 Å². The Morgan fingerprint density at radius 2 is 0.880 bits per heavy atom. The van der Waals surface area contributed by atoms with Gasteiger partial charge < -0.3 is 29.1 Å². The normalized spacial score (nSPS) is 14.8. The number of carbonyl (C=O) groups excluding carboxylic acids is 3. The van der Waals surface area contributed by atoms with E-state index in [1.165, 1.54) is 18.2 Å². The lowest BCUT2D eigenvalue weighted by atomic mass is 9.78. The van der Waals surface area contributed by atoms with Crippen LogP contribution in [0, 0.1) is 13.8 Å². The number of carboxylic acid groups (broad SMARTS) is 1. The minimum absolute atomic E-state index is 0.000172. The van der Waals surface area contributed by atoms with Crippen LogP contribution in [0.5, 0.6) is 11.5 Å². The maximum Gasteiger partial charge on any atom is 0.311 e. The second kappa shape index (κ2) is 26.0. The van der Waals surface area contributed by atoms with E-state index in [0.717, 1.165) is 99.8 Å². The summed E-state index contributed by atoms with van der Waals surface area (Å²) in [7, 11) is 4.86. The first kappa shape index (κ1) is 65.1. The molecule has 0 radical (unpaired) electrons. The van der Waals surface area contributed by atoms with Crippen molar-refractivity contribution in [2.75, 3.05) is 47.5 Å². The third-order valence-electron chi connectivity index (χ3n) is 15.5. The van der Waals surface area contributed by atoms with E-state index in [1.807, 2.05) is 29.7 Å². The third-order valence-corrected chi connectivity index (χ3v) is 19.2. The fourth-order valence-electron chi connectivity index (χ4n) is 10.8. The van der Waals surface area contributed by atoms with Gasteiger partial charge in [0.15, 0.2) is 0 Å². The molecule has 0 atom stereocenters. The fraction of sp³-hybridized carbons (Fsp3) is 0.556. The molecular weight excluding hydrogens is 1220 g/mol. The van der Waals surface area contributed by atoms with Gasteiger partial charge in [-0.15, -0.1) is 22.7 Å². The van der Waals surface area contributed by atoms with E-state index in [2.05, 4.69) is 149 Å². The molecule has 2 aliphatic heterocycles. The molecule has 450 valence electrons. The van der Waals surface area contributed by atoms with E-state index >= 15 is 0 Å². The number of hydrogen-bond donors (Lipinski definition) is 1. The van der Waals surface area contributed by atoms with E-state index < -0.39 is 5.97 Å². The number of aromatic nitrogens is 6. The van der Waals surface area contributed by atoms with Gasteiger partial charge in [-0.05, 0) is 129 Å². The monoisotopic (exact) mass is 1300 g/mol. The Hall–Kier alpha value is -5.44. The number of likely N-dealkylation sites (tertiary alicyclic amines) is 2. The molecule has 6 aromatic rings. The lowest BCUT2D eigenvalue weighted by molar-refractivity contribution is -0.140. The van der Waals surface area contributed by atoms with Crippen LogP contribution in [0.2, 0.25) is 0 Å². The highest BCUT2D eigenvalue weighted by Gasteiger charge is 2.34. The molecule has 2 aliphatic rings. The number of nitrogens with zero attached hydrogens (tertiary/aromatic N) is 8. The summed E-state index contributed by atoms with van der Waals surface area (Å²) in [6.45, 7) is 33.2. The minimum Gasteiger partial charge on any atom is -0.496 e. The molecule has 1 N–H and O–H groups in total. The number of esters is 1. The molecule has 0 unspecified atom stereocenters. The number of rotatable bonds is 14. The predicted molar refractivity (Wildman–Crippen MR) is 337 cm³/mol. The summed E-state index contributed by atoms with van der Waals surface area (Å²) in [6.07, 6.45) is 3.36. The number of aryl methyl sites for hydroxylation is 2. The second-order valence-electron chi connectivity index (χ2n) is 26.1. The van der Waals surface area contributed by atoms with Gasteiger partial charge in [0.2, 0.25) is 11.8 Å². The first-order chi connectivity index (χ1) is 38.7. The Balaban J connectivity index is 0.000000239. The number of halogens is 2. The van der Waals surface area contributed by atoms with Crippen molar-refractivity contribution in [2.24, 2.45) is 0 Å². The van der Waals surface area contributed by atoms with Crippen LogP contribution in [0.4, 0.5) is 0 Å². The van der Waals surface area contributed by atoms with E-state index in [-0.39, 0.29) is 71.3 Å². The number of carbonyl (C=O) groups is 4. The summed E-state index contributed by atoms with van der Waals surface area (Å²) in [5, 5.41) is 20.0. The third kappa shape index (κ3) is 15.7. The highest BCUT2D eigenvalue weighted by molar-refractivity contribution is 9.11. The smallest absolute Gasteiger partial charge is 0.311 e. The summed E-state index contributed by atoms with van der Waals surface area (Å²) in [6, 6.07) is 12.4. The number of aliphatic carboxylic acids is 1. The Morgan fingerprint density at radius 3 is 1.17 bits per heavy atom. The standard InChI is InChI=1S/C32H43BrN4O4S.C31H41BrN4O4S/c1-19-14-22(17-26(39)40-8)35-37(19)18-25(38)36-12-10-20(11-13-36)30-34-27(29(33)42-30)21-15-23(31(2,3)4)28(41-9)24(16-21)32(5,6)7;1-18-13-21(16-25(38)39)34-36(18)17-24(37)35-11-9-19(10-12-35)29-33-26(28(32)41-29)20-14-22(30(2,3)4)27(40-8)23(15-20)31(5,6)7/h14-16,20H,10-13,17-18H2,1-9H3;13-15,19H,9-12,16-17H2,1-8H3,(H,38,39). The average molecular weight is 1310 g/mol. The van der Waals surface area contributed by atoms with Crippen LogP contribution in [0.3, 0.4) is 0 Å². The second-order valence-corrected chi connectivity index (χ2v) is 30.8. The number of methoxy groups -OCH3 is 3. The quantitative estimate of drug-likeness (QED) is 0.102. The number of ether oxygens (including phenoxy) is 3. The van der Waals surface area contributed by atoms with Crippen LogP contribution in [0.15, 0.2) is 44.0 Å². The van der Waals surface area contributed by atoms with Crippen molar-refractivity contribution in [1.82, 2.24) is 39.3 Å². The number of amides is 2. The topological polar surface area (TPSA) is 184 Å². The Kier molecular flexibility index (Phi) is 20.4. The summed E-state index contributed by atoms with van der Waals surface area (Å²) in [5.41, 5.74) is 11.1. The Labute approximate surface area is 515 Å². The van der Waals surface area contributed by atoms with Crippen LogP contribution >= 0.6 is 54.5 Å². The summed E-state index contributed by atoms with van der Waals surface area (Å²) < 4.78 is 22.0. The zero-order valence-electron chi connectivity index (χ0n) is 51.6. The number of piperidine rings is 2. The molecule has 2 aromatic carbocycles. The fourth-order valence-corrected chi connectivity index (χ4v) is 14.4. The first-order valence-electron chi connectivity index (χ1n) is 28.4. The van der Waals surface area contributed by atoms with Gasteiger partial charge in [-0.1, -0.05) is 83.1 Å². The largest absolute Gasteiger partial charge is 0.496 e. The highest BCUT2D eigenvalue weighted by atomic mass is 79.9. The van der Waals surface area contributed by atoms with Gasteiger partial charge in [0.25, 0.3) is 0 Å². The molecule has 0 spiro atoms. The maximum atomic E-state index is 13.1.